The van der Waals surface area contributed by atoms with Gasteiger partial charge in [-0.05, 0) is 17.1 Å². The van der Waals surface area contributed by atoms with Crippen LogP contribution in [0.15, 0.2) is 23.8 Å². The second-order valence-electron chi connectivity index (χ2n) is 3.77. The summed E-state index contributed by atoms with van der Waals surface area (Å²) in [5.41, 5.74) is 1.62. The Bertz CT molecular complexity index is 248. The van der Waals surface area contributed by atoms with Crippen molar-refractivity contribution in [2.75, 3.05) is 0 Å². The highest BCUT2D eigenvalue weighted by molar-refractivity contribution is 5.34. The number of hydrogen-bond donors (Lipinski definition) is 0. The summed E-state index contributed by atoms with van der Waals surface area (Å²) in [6, 6.07) is 0. The van der Waals surface area contributed by atoms with Crippen molar-refractivity contribution >= 4 is 0 Å². The van der Waals surface area contributed by atoms with Gasteiger partial charge in [0.15, 0.2) is 0 Å². The quantitative estimate of drug-likeness (QED) is 0.461. The molecule has 0 bridgehead atoms. The first-order valence-electron chi connectivity index (χ1n) is 3.96. The largest absolute Gasteiger partial charge is 0.0943 e. The highest BCUT2D eigenvalue weighted by Crippen LogP contribution is 2.26. The molecule has 0 heterocycles. The molecule has 1 aliphatic carbocycles. The second kappa shape index (κ2) is 2.96. The molecule has 0 nitrogen and oxygen atoms in total. The highest BCUT2D eigenvalue weighted by atomic mass is 14.2. The zero-order chi connectivity index (χ0) is 8.32. The van der Waals surface area contributed by atoms with E-state index in [2.05, 4.69) is 44.8 Å². The maximum absolute atomic E-state index is 3.04. The minimum Gasteiger partial charge on any atom is -0.0943 e. The fourth-order valence-electron chi connectivity index (χ4n) is 1.03. The molecule has 0 aromatic rings. The number of hydrogen-bond acceptors (Lipinski definition) is 0. The van der Waals surface area contributed by atoms with Crippen LogP contribution in [0.25, 0.3) is 0 Å². The first kappa shape index (κ1) is 8.14. The monoisotopic (exact) mass is 146 g/mol. The van der Waals surface area contributed by atoms with Crippen molar-refractivity contribution in [3.63, 3.8) is 0 Å². The van der Waals surface area contributed by atoms with Gasteiger partial charge in [0, 0.05) is 6.42 Å². The van der Waals surface area contributed by atoms with E-state index in [1.165, 1.54) is 5.57 Å². The summed E-state index contributed by atoms with van der Waals surface area (Å²) in [5, 5.41) is 0. The molecule has 0 heteroatoms. The molecule has 0 aliphatic heterocycles. The molecule has 1 aliphatic rings. The second-order valence-corrected chi connectivity index (χ2v) is 3.77. The van der Waals surface area contributed by atoms with Crippen LogP contribution in [0.2, 0.25) is 0 Å². The molecule has 0 aromatic carbocycles. The molecule has 0 amide bonds. The summed E-state index contributed by atoms with van der Waals surface area (Å²) >= 11 is 0. The lowest BCUT2D eigenvalue weighted by Crippen LogP contribution is -2.06. The fraction of sp³-hybridized carbons (Fsp3) is 0.455. The van der Waals surface area contributed by atoms with Gasteiger partial charge in [-0.1, -0.05) is 44.8 Å². The molecule has 0 fully saturated rings. The minimum absolute atomic E-state index is 0.254. The molecular weight excluding hydrogens is 132 g/mol. The third-order valence-electron chi connectivity index (χ3n) is 1.74. The Labute approximate surface area is 69.0 Å². The predicted octanol–water partition coefficient (Wildman–Crippen LogP) is 2.92. The molecule has 0 N–H and O–H groups in total. The van der Waals surface area contributed by atoms with Crippen LogP contribution in [0.5, 0.6) is 0 Å². The van der Waals surface area contributed by atoms with E-state index in [1.807, 2.05) is 6.08 Å². The molecule has 0 saturated carbocycles. The lowest BCUT2D eigenvalue weighted by atomic mass is 9.86. The van der Waals surface area contributed by atoms with Crippen LogP contribution in [0.1, 0.15) is 27.2 Å². The van der Waals surface area contributed by atoms with Crippen molar-refractivity contribution < 1.29 is 0 Å². The third-order valence-corrected chi connectivity index (χ3v) is 1.74. The molecule has 58 valence electrons. The average molecular weight is 146 g/mol. The highest BCUT2D eigenvalue weighted by Gasteiger charge is 2.13. The smallest absolute Gasteiger partial charge is 0.0279 e. The first-order chi connectivity index (χ1) is 5.11. The van der Waals surface area contributed by atoms with E-state index in [9.17, 15) is 0 Å². The summed E-state index contributed by atoms with van der Waals surface area (Å²) in [6.45, 7) is 6.65. The standard InChI is InChI=1S/C11H14/c1-11(2,3)10-8-6-4-5-7-9-10/h6,8-9H,7H2,1-3H3. The molecule has 0 aromatic heterocycles. The van der Waals surface area contributed by atoms with Gasteiger partial charge in [0.05, 0.1) is 0 Å². The van der Waals surface area contributed by atoms with Gasteiger partial charge >= 0.3 is 0 Å². The van der Waals surface area contributed by atoms with E-state index in [-0.39, 0.29) is 5.41 Å². The first-order valence-corrected chi connectivity index (χ1v) is 3.96. The molecule has 0 radical (unpaired) electrons. The van der Waals surface area contributed by atoms with Crippen molar-refractivity contribution in [3.8, 4) is 11.8 Å². The van der Waals surface area contributed by atoms with E-state index >= 15 is 0 Å². The van der Waals surface area contributed by atoms with Crippen molar-refractivity contribution in [1.29, 1.82) is 0 Å². The van der Waals surface area contributed by atoms with E-state index in [0.717, 1.165) is 6.42 Å². The van der Waals surface area contributed by atoms with E-state index in [4.69, 9.17) is 0 Å². The van der Waals surface area contributed by atoms with Gasteiger partial charge in [-0.2, -0.15) is 0 Å². The summed E-state index contributed by atoms with van der Waals surface area (Å²) in [7, 11) is 0. The lowest BCUT2D eigenvalue weighted by molar-refractivity contribution is 0.516. The van der Waals surface area contributed by atoms with Crippen LogP contribution in [-0.4, -0.2) is 0 Å². The van der Waals surface area contributed by atoms with Crippen LogP contribution in [0.4, 0.5) is 0 Å². The Kier molecular flexibility index (Phi) is 2.19. The van der Waals surface area contributed by atoms with Crippen LogP contribution < -0.4 is 0 Å². The fourth-order valence-corrected chi connectivity index (χ4v) is 1.03. The Hall–Kier alpha value is -0.960. The Morgan fingerprint density at radius 2 is 2.09 bits per heavy atom. The van der Waals surface area contributed by atoms with Crippen molar-refractivity contribution in [3.05, 3.63) is 23.8 Å². The molecule has 1 rings (SSSR count). The zero-order valence-corrected chi connectivity index (χ0v) is 7.44. The van der Waals surface area contributed by atoms with Gasteiger partial charge in [0.1, 0.15) is 0 Å². The van der Waals surface area contributed by atoms with Crippen LogP contribution in [0.3, 0.4) is 0 Å². The molecule has 0 spiro atoms. The van der Waals surface area contributed by atoms with Gasteiger partial charge in [-0.3, -0.25) is 0 Å². The Morgan fingerprint density at radius 3 is 2.73 bits per heavy atom. The minimum atomic E-state index is 0.254. The summed E-state index contributed by atoms with van der Waals surface area (Å²) in [6.07, 6.45) is 7.14. The van der Waals surface area contributed by atoms with Gasteiger partial charge in [-0.25, -0.2) is 0 Å². The molecule has 11 heavy (non-hydrogen) atoms. The topological polar surface area (TPSA) is 0 Å². The summed E-state index contributed by atoms with van der Waals surface area (Å²) in [4.78, 5) is 0. The van der Waals surface area contributed by atoms with Crippen molar-refractivity contribution in [2.45, 2.75) is 27.2 Å². The lowest BCUT2D eigenvalue weighted by Gasteiger charge is -2.19. The molecular formula is C11H14. The third kappa shape index (κ3) is 2.27. The van der Waals surface area contributed by atoms with E-state index in [1.54, 1.807) is 0 Å². The van der Waals surface area contributed by atoms with Crippen LogP contribution in [0, 0.1) is 17.3 Å². The van der Waals surface area contributed by atoms with E-state index in [0.29, 0.717) is 0 Å². The number of rotatable bonds is 0. The zero-order valence-electron chi connectivity index (χ0n) is 7.44. The maximum atomic E-state index is 3.04. The van der Waals surface area contributed by atoms with Crippen LogP contribution >= 0.6 is 0 Å². The Morgan fingerprint density at radius 1 is 1.36 bits per heavy atom. The van der Waals surface area contributed by atoms with Crippen molar-refractivity contribution in [2.24, 2.45) is 5.41 Å². The molecule has 0 saturated heterocycles. The normalized spacial score (nSPS) is 16.5. The van der Waals surface area contributed by atoms with E-state index < -0.39 is 0 Å². The van der Waals surface area contributed by atoms with Crippen LogP contribution in [-0.2, 0) is 0 Å². The molecule has 0 unspecified atom stereocenters. The average Bonchev–Trinajstić information content (AvgIpc) is 2.10. The predicted molar refractivity (Wildman–Crippen MR) is 49.1 cm³/mol. The number of allylic oxidation sites excluding steroid dienone is 4. The summed E-state index contributed by atoms with van der Waals surface area (Å²) < 4.78 is 0. The van der Waals surface area contributed by atoms with Gasteiger partial charge in [-0.15, -0.1) is 0 Å². The SMILES string of the molecule is CC(C)(C)C1=CCC#CC=C1. The van der Waals surface area contributed by atoms with Gasteiger partial charge in [0.25, 0.3) is 0 Å². The summed E-state index contributed by atoms with van der Waals surface area (Å²) in [5.74, 6) is 6.00. The van der Waals surface area contributed by atoms with Gasteiger partial charge in [0.2, 0.25) is 0 Å². The Balaban J connectivity index is 2.83. The maximum Gasteiger partial charge on any atom is 0.0279 e. The van der Waals surface area contributed by atoms with Gasteiger partial charge < -0.3 is 0 Å². The molecule has 0 atom stereocenters. The van der Waals surface area contributed by atoms with Crippen molar-refractivity contribution in [1.82, 2.24) is 0 Å².